The highest BCUT2D eigenvalue weighted by atomic mass is 16.1. The van der Waals surface area contributed by atoms with E-state index in [0.717, 1.165) is 17.7 Å². The SMILES string of the molecule is CCCn1c(C(C)C)c(C(=O)NC)c(-c2ccccc2)cc1=O. The lowest BCUT2D eigenvalue weighted by Gasteiger charge is -2.22. The second-order valence-electron chi connectivity index (χ2n) is 5.91. The first-order chi connectivity index (χ1) is 11.0. The number of carbonyl (C=O) groups is 1. The summed E-state index contributed by atoms with van der Waals surface area (Å²) in [6.45, 7) is 6.68. The van der Waals surface area contributed by atoms with E-state index >= 15 is 0 Å². The Morgan fingerprint density at radius 2 is 1.87 bits per heavy atom. The van der Waals surface area contributed by atoms with E-state index < -0.39 is 0 Å². The third-order valence-electron chi connectivity index (χ3n) is 3.88. The molecule has 4 heteroatoms. The van der Waals surface area contributed by atoms with Crippen molar-refractivity contribution in [1.82, 2.24) is 9.88 Å². The van der Waals surface area contributed by atoms with Crippen molar-refractivity contribution in [3.05, 3.63) is 58.0 Å². The number of nitrogens with zero attached hydrogens (tertiary/aromatic N) is 1. The number of benzene rings is 1. The van der Waals surface area contributed by atoms with Crippen LogP contribution in [0.15, 0.2) is 41.2 Å². The second kappa shape index (κ2) is 7.27. The minimum absolute atomic E-state index is 0.0537. The van der Waals surface area contributed by atoms with Gasteiger partial charge in [-0.05, 0) is 17.9 Å². The third-order valence-corrected chi connectivity index (χ3v) is 3.88. The Hall–Kier alpha value is -2.36. The Kier molecular flexibility index (Phi) is 5.37. The molecule has 2 rings (SSSR count). The molecule has 1 heterocycles. The Morgan fingerprint density at radius 3 is 2.39 bits per heavy atom. The Bertz CT molecular complexity index is 746. The first-order valence-corrected chi connectivity index (χ1v) is 8.06. The zero-order valence-corrected chi connectivity index (χ0v) is 14.2. The van der Waals surface area contributed by atoms with Crippen molar-refractivity contribution in [1.29, 1.82) is 0 Å². The van der Waals surface area contributed by atoms with E-state index in [2.05, 4.69) is 5.32 Å². The molecule has 0 aliphatic heterocycles. The maximum Gasteiger partial charge on any atom is 0.253 e. The molecule has 1 N–H and O–H groups in total. The normalized spacial score (nSPS) is 10.8. The molecule has 2 aromatic rings. The number of rotatable bonds is 5. The van der Waals surface area contributed by atoms with E-state index in [-0.39, 0.29) is 17.4 Å². The van der Waals surface area contributed by atoms with E-state index in [1.54, 1.807) is 17.7 Å². The predicted octanol–water partition coefficient (Wildman–Crippen LogP) is 3.41. The van der Waals surface area contributed by atoms with Gasteiger partial charge in [0.25, 0.3) is 11.5 Å². The minimum Gasteiger partial charge on any atom is -0.355 e. The molecule has 0 atom stereocenters. The summed E-state index contributed by atoms with van der Waals surface area (Å²) in [7, 11) is 1.62. The summed E-state index contributed by atoms with van der Waals surface area (Å²) in [5.74, 6) is -0.0809. The van der Waals surface area contributed by atoms with Crippen molar-refractivity contribution < 1.29 is 4.79 Å². The molecule has 0 aliphatic rings. The lowest BCUT2D eigenvalue weighted by atomic mass is 9.93. The van der Waals surface area contributed by atoms with Crippen LogP contribution in [0.2, 0.25) is 0 Å². The second-order valence-corrected chi connectivity index (χ2v) is 5.91. The summed E-state index contributed by atoms with van der Waals surface area (Å²) < 4.78 is 1.74. The molecule has 1 aromatic carbocycles. The van der Waals surface area contributed by atoms with Crippen LogP contribution in [0.1, 0.15) is 49.2 Å². The zero-order valence-electron chi connectivity index (χ0n) is 14.2. The molecule has 122 valence electrons. The smallest absolute Gasteiger partial charge is 0.253 e. The molecule has 1 aromatic heterocycles. The molecular formula is C19H24N2O2. The lowest BCUT2D eigenvalue weighted by molar-refractivity contribution is 0.0961. The fourth-order valence-corrected chi connectivity index (χ4v) is 2.93. The van der Waals surface area contributed by atoms with Gasteiger partial charge in [0.15, 0.2) is 0 Å². The van der Waals surface area contributed by atoms with E-state index in [4.69, 9.17) is 0 Å². The predicted molar refractivity (Wildman–Crippen MR) is 93.9 cm³/mol. The minimum atomic E-state index is -0.155. The quantitative estimate of drug-likeness (QED) is 0.920. The number of pyridine rings is 1. The summed E-state index contributed by atoms with van der Waals surface area (Å²) in [6, 6.07) is 11.2. The van der Waals surface area contributed by atoms with Crippen LogP contribution >= 0.6 is 0 Å². The van der Waals surface area contributed by atoms with Gasteiger partial charge >= 0.3 is 0 Å². The molecule has 0 unspecified atom stereocenters. The van der Waals surface area contributed by atoms with E-state index in [1.165, 1.54) is 0 Å². The number of carbonyl (C=O) groups excluding carboxylic acids is 1. The molecule has 0 spiro atoms. The maximum absolute atomic E-state index is 12.6. The van der Waals surface area contributed by atoms with Crippen LogP contribution in [-0.4, -0.2) is 17.5 Å². The monoisotopic (exact) mass is 312 g/mol. The number of hydrogen-bond donors (Lipinski definition) is 1. The fourth-order valence-electron chi connectivity index (χ4n) is 2.93. The maximum atomic E-state index is 12.6. The van der Waals surface area contributed by atoms with Crippen LogP contribution in [0.5, 0.6) is 0 Å². The van der Waals surface area contributed by atoms with Crippen LogP contribution in [0.25, 0.3) is 11.1 Å². The summed E-state index contributed by atoms with van der Waals surface area (Å²) in [6.07, 6.45) is 0.845. The van der Waals surface area contributed by atoms with Crippen molar-refractivity contribution in [2.45, 2.75) is 39.7 Å². The van der Waals surface area contributed by atoms with Crippen LogP contribution in [-0.2, 0) is 6.54 Å². The number of amides is 1. The molecule has 0 saturated carbocycles. The van der Waals surface area contributed by atoms with Crippen molar-refractivity contribution in [3.8, 4) is 11.1 Å². The topological polar surface area (TPSA) is 51.1 Å². The third kappa shape index (κ3) is 3.36. The van der Waals surface area contributed by atoms with Gasteiger partial charge in [-0.2, -0.15) is 0 Å². The lowest BCUT2D eigenvalue weighted by Crippen LogP contribution is -2.30. The Morgan fingerprint density at radius 1 is 1.22 bits per heavy atom. The van der Waals surface area contributed by atoms with E-state index in [0.29, 0.717) is 17.7 Å². The van der Waals surface area contributed by atoms with Crippen molar-refractivity contribution >= 4 is 5.91 Å². The highest BCUT2D eigenvalue weighted by Crippen LogP contribution is 2.29. The summed E-state index contributed by atoms with van der Waals surface area (Å²) in [5, 5.41) is 2.72. The van der Waals surface area contributed by atoms with Crippen molar-refractivity contribution in [2.75, 3.05) is 7.05 Å². The average molecular weight is 312 g/mol. The molecule has 0 saturated heterocycles. The Labute approximate surface area is 137 Å². The molecule has 23 heavy (non-hydrogen) atoms. The fraction of sp³-hybridized carbons (Fsp3) is 0.368. The van der Waals surface area contributed by atoms with Crippen LogP contribution in [0.4, 0.5) is 0 Å². The summed E-state index contributed by atoms with van der Waals surface area (Å²) in [5.41, 5.74) is 2.93. The van der Waals surface area contributed by atoms with Crippen LogP contribution < -0.4 is 10.9 Å². The van der Waals surface area contributed by atoms with Gasteiger partial charge in [0.2, 0.25) is 0 Å². The molecular weight excluding hydrogens is 288 g/mol. The van der Waals surface area contributed by atoms with Gasteiger partial charge in [-0.15, -0.1) is 0 Å². The van der Waals surface area contributed by atoms with Gasteiger partial charge in [0, 0.05) is 30.9 Å². The van der Waals surface area contributed by atoms with Gasteiger partial charge in [-0.25, -0.2) is 0 Å². The Balaban J connectivity index is 2.87. The van der Waals surface area contributed by atoms with E-state index in [9.17, 15) is 9.59 Å². The number of aromatic nitrogens is 1. The van der Waals surface area contributed by atoms with Gasteiger partial charge in [-0.3, -0.25) is 9.59 Å². The van der Waals surface area contributed by atoms with E-state index in [1.807, 2.05) is 51.1 Å². The zero-order chi connectivity index (χ0) is 17.0. The van der Waals surface area contributed by atoms with Gasteiger partial charge in [0.05, 0.1) is 5.56 Å². The summed E-state index contributed by atoms with van der Waals surface area (Å²) >= 11 is 0. The largest absolute Gasteiger partial charge is 0.355 e. The summed E-state index contributed by atoms with van der Waals surface area (Å²) in [4.78, 5) is 25.2. The number of nitrogens with one attached hydrogen (secondary N) is 1. The molecule has 0 aliphatic carbocycles. The molecule has 0 radical (unpaired) electrons. The van der Waals surface area contributed by atoms with Gasteiger partial charge < -0.3 is 9.88 Å². The van der Waals surface area contributed by atoms with Crippen LogP contribution in [0.3, 0.4) is 0 Å². The highest BCUT2D eigenvalue weighted by Gasteiger charge is 2.23. The first kappa shape index (κ1) is 17.0. The van der Waals surface area contributed by atoms with Crippen LogP contribution in [0, 0.1) is 0 Å². The highest BCUT2D eigenvalue weighted by molar-refractivity contribution is 6.02. The van der Waals surface area contributed by atoms with Gasteiger partial charge in [-0.1, -0.05) is 51.1 Å². The molecule has 4 nitrogen and oxygen atoms in total. The first-order valence-electron chi connectivity index (χ1n) is 8.06. The average Bonchev–Trinajstić information content (AvgIpc) is 2.56. The van der Waals surface area contributed by atoms with Gasteiger partial charge in [0.1, 0.15) is 0 Å². The molecule has 1 amide bonds. The number of hydrogen-bond acceptors (Lipinski definition) is 2. The standard InChI is InChI=1S/C19H24N2O2/c1-5-11-21-16(22)12-15(14-9-7-6-8-10-14)17(19(23)20-4)18(21)13(2)3/h6-10,12-13H,5,11H2,1-4H3,(H,20,23). The molecule has 0 bridgehead atoms. The van der Waals surface area contributed by atoms with Crippen molar-refractivity contribution in [3.63, 3.8) is 0 Å². The van der Waals surface area contributed by atoms with Crippen molar-refractivity contribution in [2.24, 2.45) is 0 Å². The molecule has 0 fully saturated rings.